The lowest BCUT2D eigenvalue weighted by Gasteiger charge is -2.22. The van der Waals surface area contributed by atoms with Gasteiger partial charge in [0.05, 0.1) is 12.1 Å². The molecule has 1 aliphatic heterocycles. The normalized spacial score (nSPS) is 18.2. The number of aryl methyl sites for hydroxylation is 1. The van der Waals surface area contributed by atoms with Crippen molar-refractivity contribution in [1.82, 2.24) is 15.3 Å². The zero-order valence-corrected chi connectivity index (χ0v) is 24.5. The van der Waals surface area contributed by atoms with Crippen LogP contribution in [0.4, 0.5) is 8.78 Å². The summed E-state index contributed by atoms with van der Waals surface area (Å²) in [7, 11) is 1.53. The number of carbonyl (C=O) groups is 2. The van der Waals surface area contributed by atoms with E-state index >= 15 is 0 Å². The van der Waals surface area contributed by atoms with Crippen LogP contribution in [0.5, 0.6) is 11.5 Å². The van der Waals surface area contributed by atoms with Crippen LogP contribution in [-0.4, -0.2) is 42.0 Å². The largest absolute Gasteiger partial charge is 0.494 e. The minimum absolute atomic E-state index is 0.0416. The average molecular weight is 607 g/mol. The number of methoxy groups -OCH3 is 1. The van der Waals surface area contributed by atoms with E-state index in [1.165, 1.54) is 13.2 Å². The summed E-state index contributed by atoms with van der Waals surface area (Å²) in [5.74, 6) is -2.52. The maximum atomic E-state index is 14.5. The molecule has 0 unspecified atom stereocenters. The second-order valence-corrected chi connectivity index (χ2v) is 11.7. The number of nitrogens with zero attached hydrogens (tertiary/aromatic N) is 2. The third-order valence-corrected chi connectivity index (χ3v) is 8.73. The predicted octanol–water partition coefficient (Wildman–Crippen LogP) is 5.60. The molecule has 2 amide bonds. The van der Waals surface area contributed by atoms with Crippen molar-refractivity contribution in [2.24, 2.45) is 11.7 Å². The molecule has 0 spiro atoms. The van der Waals surface area contributed by atoms with Crippen LogP contribution in [0.25, 0.3) is 22.2 Å². The van der Waals surface area contributed by atoms with Gasteiger partial charge in [-0.25, -0.2) is 18.7 Å². The molecule has 2 aromatic carbocycles. The highest BCUT2D eigenvalue weighted by atomic mass is 35.5. The summed E-state index contributed by atoms with van der Waals surface area (Å²) in [6.07, 6.45) is 1.83. The lowest BCUT2D eigenvalue weighted by atomic mass is 9.82. The molecule has 43 heavy (non-hydrogen) atoms. The third-order valence-electron chi connectivity index (χ3n) is 8.36. The van der Waals surface area contributed by atoms with E-state index in [0.717, 1.165) is 30.0 Å². The molecule has 2 atom stereocenters. The van der Waals surface area contributed by atoms with E-state index in [1.807, 2.05) is 19.1 Å². The van der Waals surface area contributed by atoms with E-state index in [2.05, 4.69) is 10.3 Å². The van der Waals surface area contributed by atoms with Gasteiger partial charge in [0, 0.05) is 45.9 Å². The van der Waals surface area contributed by atoms with Gasteiger partial charge < -0.3 is 20.5 Å². The summed E-state index contributed by atoms with van der Waals surface area (Å²) in [6, 6.07) is 11.2. The van der Waals surface area contributed by atoms with Crippen molar-refractivity contribution < 1.29 is 27.8 Å². The van der Waals surface area contributed by atoms with E-state index in [4.69, 9.17) is 31.8 Å². The van der Waals surface area contributed by atoms with Crippen LogP contribution in [0.2, 0.25) is 5.02 Å². The monoisotopic (exact) mass is 606 g/mol. The zero-order valence-electron chi connectivity index (χ0n) is 23.8. The quantitative estimate of drug-likeness (QED) is 0.252. The van der Waals surface area contributed by atoms with Crippen LogP contribution in [0, 0.1) is 24.5 Å². The van der Waals surface area contributed by atoms with E-state index in [9.17, 15) is 18.4 Å². The second kappa shape index (κ2) is 10.8. The summed E-state index contributed by atoms with van der Waals surface area (Å²) in [5.41, 5.74) is 7.88. The van der Waals surface area contributed by atoms with Gasteiger partial charge in [0.25, 0.3) is 5.91 Å². The molecule has 11 heteroatoms. The highest BCUT2D eigenvalue weighted by Crippen LogP contribution is 2.49. The van der Waals surface area contributed by atoms with E-state index in [-0.39, 0.29) is 47.9 Å². The van der Waals surface area contributed by atoms with Gasteiger partial charge in [-0.15, -0.1) is 0 Å². The Morgan fingerprint density at radius 3 is 2.65 bits per heavy atom. The molecule has 2 aromatic heterocycles. The van der Waals surface area contributed by atoms with Crippen LogP contribution in [0.3, 0.4) is 0 Å². The number of aromatic nitrogens is 2. The number of nitrogens with two attached hydrogens (primary N) is 1. The maximum Gasteiger partial charge on any atom is 0.251 e. The highest BCUT2D eigenvalue weighted by molar-refractivity contribution is 6.33. The Morgan fingerprint density at radius 2 is 1.95 bits per heavy atom. The number of hydrogen-bond donors (Lipinski definition) is 2. The first-order chi connectivity index (χ1) is 20.5. The van der Waals surface area contributed by atoms with Crippen molar-refractivity contribution in [2.75, 3.05) is 20.3 Å². The fraction of sp³-hybridized carbons (Fsp3) is 0.312. The van der Waals surface area contributed by atoms with Gasteiger partial charge in [-0.05, 0) is 69.0 Å². The number of amides is 2. The molecule has 0 radical (unpaired) electrons. The van der Waals surface area contributed by atoms with Gasteiger partial charge in [-0.1, -0.05) is 17.7 Å². The first kappa shape index (κ1) is 28.8. The number of nitrogens with one attached hydrogen (secondary N) is 1. The fourth-order valence-corrected chi connectivity index (χ4v) is 5.83. The molecular formula is C32H29ClF2N4O4. The van der Waals surface area contributed by atoms with E-state index in [1.54, 1.807) is 25.1 Å². The first-order valence-electron chi connectivity index (χ1n) is 13.9. The lowest BCUT2D eigenvalue weighted by Crippen LogP contribution is -2.40. The summed E-state index contributed by atoms with van der Waals surface area (Å²) >= 11 is 6.25. The third kappa shape index (κ3) is 5.03. The first-order valence-corrected chi connectivity index (χ1v) is 14.2. The Balaban J connectivity index is 1.38. The van der Waals surface area contributed by atoms with Crippen LogP contribution >= 0.6 is 11.6 Å². The molecule has 1 fully saturated rings. The SMILES string of the molecule is COc1cc(C(=O)NC[C@H](c2cc3c(c(-c4ccc(F)c(F)c4Cl)n2)OC[C@]3(C)C(N)=O)C2CC2)cc2ccc(C)nc12. The Labute approximate surface area is 251 Å². The number of carbonyl (C=O) groups excluding carboxylic acids is 2. The van der Waals surface area contributed by atoms with Crippen molar-refractivity contribution >= 4 is 34.3 Å². The Morgan fingerprint density at radius 1 is 1.19 bits per heavy atom. The second-order valence-electron chi connectivity index (χ2n) is 11.3. The minimum Gasteiger partial charge on any atom is -0.494 e. The molecule has 0 saturated heterocycles. The van der Waals surface area contributed by atoms with Gasteiger partial charge in [0.15, 0.2) is 11.6 Å². The molecule has 3 N–H and O–H groups in total. The molecule has 6 rings (SSSR count). The van der Waals surface area contributed by atoms with Crippen LogP contribution in [0.1, 0.15) is 53.0 Å². The number of rotatable bonds is 8. The van der Waals surface area contributed by atoms with Gasteiger partial charge in [0.1, 0.15) is 34.7 Å². The smallest absolute Gasteiger partial charge is 0.251 e. The molecule has 4 aromatic rings. The predicted molar refractivity (Wildman–Crippen MR) is 157 cm³/mol. The van der Waals surface area contributed by atoms with Gasteiger partial charge in [-0.2, -0.15) is 0 Å². The molecule has 2 aliphatic rings. The maximum absolute atomic E-state index is 14.5. The number of fused-ring (bicyclic) bond motifs is 2. The Hall–Kier alpha value is -4.31. The average Bonchev–Trinajstić information content (AvgIpc) is 3.77. The van der Waals surface area contributed by atoms with Gasteiger partial charge in [-0.3, -0.25) is 9.59 Å². The number of halogens is 3. The molecular weight excluding hydrogens is 578 g/mol. The van der Waals surface area contributed by atoms with Crippen molar-refractivity contribution in [1.29, 1.82) is 0 Å². The fourth-order valence-electron chi connectivity index (χ4n) is 5.59. The van der Waals surface area contributed by atoms with E-state index in [0.29, 0.717) is 28.1 Å². The number of primary amides is 1. The molecule has 8 nitrogen and oxygen atoms in total. The number of benzene rings is 2. The number of pyridine rings is 2. The summed E-state index contributed by atoms with van der Waals surface area (Å²) < 4.78 is 39.9. The molecule has 3 heterocycles. The van der Waals surface area contributed by atoms with Crippen molar-refractivity contribution in [3.05, 3.63) is 81.6 Å². The summed E-state index contributed by atoms with van der Waals surface area (Å²) in [6.45, 7) is 3.74. The Kier molecular flexibility index (Phi) is 7.20. The number of ether oxygens (including phenoxy) is 2. The Bertz CT molecular complexity index is 1810. The van der Waals surface area contributed by atoms with Crippen LogP contribution < -0.4 is 20.5 Å². The van der Waals surface area contributed by atoms with Gasteiger partial charge in [0.2, 0.25) is 5.91 Å². The molecule has 222 valence electrons. The topological polar surface area (TPSA) is 116 Å². The minimum atomic E-state index is -1.21. The number of hydrogen-bond acceptors (Lipinski definition) is 6. The standard InChI is InChI=1S/C32H29ClF2N4O4/c1-15-4-5-17-10-18(11-24(42-3)27(17)38-15)30(40)37-13-20(16-6-7-16)23-12-21-29(43-14-32(21,2)31(36)41)28(39-23)19-8-9-22(34)26(35)25(19)33/h4-5,8-12,16,20H,6-7,13-14H2,1-3H3,(H2,36,41)(H,37,40)/t20-,32-/m0/s1. The highest BCUT2D eigenvalue weighted by Gasteiger charge is 2.45. The van der Waals surface area contributed by atoms with Crippen LogP contribution in [-0.2, 0) is 10.2 Å². The lowest BCUT2D eigenvalue weighted by molar-refractivity contribution is -0.123. The molecule has 1 aliphatic carbocycles. The molecule has 1 saturated carbocycles. The van der Waals surface area contributed by atoms with Crippen molar-refractivity contribution in [3.63, 3.8) is 0 Å². The summed E-state index contributed by atoms with van der Waals surface area (Å²) in [4.78, 5) is 35.3. The zero-order chi connectivity index (χ0) is 30.6. The van der Waals surface area contributed by atoms with Crippen LogP contribution in [0.15, 0.2) is 42.5 Å². The van der Waals surface area contributed by atoms with Crippen molar-refractivity contribution in [2.45, 2.75) is 38.0 Å². The molecule has 0 bridgehead atoms. The summed E-state index contributed by atoms with van der Waals surface area (Å²) in [5, 5.41) is 3.35. The van der Waals surface area contributed by atoms with Crippen molar-refractivity contribution in [3.8, 4) is 22.8 Å². The van der Waals surface area contributed by atoms with E-state index < -0.39 is 28.0 Å². The van der Waals surface area contributed by atoms with Gasteiger partial charge >= 0.3 is 0 Å².